The highest BCUT2D eigenvalue weighted by atomic mass is 15.4. The molecule has 1 aromatic heterocycles. The van der Waals surface area contributed by atoms with Crippen molar-refractivity contribution < 1.29 is 0 Å². The predicted molar refractivity (Wildman–Crippen MR) is 54.2 cm³/mol. The molecule has 1 heterocycles. The minimum Gasteiger partial charge on any atom is -0.208 e. The molecule has 0 aliphatic heterocycles. The van der Waals surface area contributed by atoms with Gasteiger partial charge < -0.3 is 0 Å². The van der Waals surface area contributed by atoms with Gasteiger partial charge in [-0.1, -0.05) is 12.1 Å². The second-order valence-corrected chi connectivity index (χ2v) is 2.82. The molecule has 0 amide bonds. The van der Waals surface area contributed by atoms with Crippen LogP contribution in [0.4, 0.5) is 0 Å². The fraction of sp³-hybridized carbons (Fsp3) is 0. The molecule has 0 fully saturated rings. The summed E-state index contributed by atoms with van der Waals surface area (Å²) in [5, 5.41) is 19.9. The molecule has 2 aromatic rings. The van der Waals surface area contributed by atoms with Crippen molar-refractivity contribution in [3.63, 3.8) is 0 Å². The number of hydrogen-bond acceptors (Lipinski definition) is 4. The van der Waals surface area contributed by atoms with Crippen molar-refractivity contribution in [3.05, 3.63) is 48.0 Å². The topological polar surface area (TPSA) is 66.9 Å². The van der Waals surface area contributed by atoms with Gasteiger partial charge in [0.05, 0.1) is 17.8 Å². The summed E-state index contributed by atoms with van der Waals surface area (Å²) in [6.45, 7) is 0. The van der Waals surface area contributed by atoms with Gasteiger partial charge in [0.1, 0.15) is 12.7 Å². The van der Waals surface area contributed by atoms with Gasteiger partial charge in [-0.15, -0.1) is 10.2 Å². The number of nitriles is 1. The van der Waals surface area contributed by atoms with E-state index in [0.717, 1.165) is 5.56 Å². The molecule has 2 rings (SSSR count). The first kappa shape index (κ1) is 9.09. The summed E-state index contributed by atoms with van der Waals surface area (Å²) in [6.07, 6.45) is 4.67. The van der Waals surface area contributed by atoms with Crippen LogP contribution in [-0.4, -0.2) is 21.1 Å². The van der Waals surface area contributed by atoms with Crippen molar-refractivity contribution in [3.8, 4) is 6.07 Å². The summed E-state index contributed by atoms with van der Waals surface area (Å²) in [7, 11) is 0. The monoisotopic (exact) mass is 197 g/mol. The number of rotatable bonds is 2. The SMILES string of the molecule is N#Cc1ccc(C=Nn2cnnc2)cc1. The van der Waals surface area contributed by atoms with E-state index in [1.165, 1.54) is 17.3 Å². The van der Waals surface area contributed by atoms with Crippen LogP contribution >= 0.6 is 0 Å². The average molecular weight is 197 g/mol. The maximum absolute atomic E-state index is 8.60. The molecular formula is C10H7N5. The highest BCUT2D eigenvalue weighted by Crippen LogP contribution is 2.00. The predicted octanol–water partition coefficient (Wildman–Crippen LogP) is 1.03. The van der Waals surface area contributed by atoms with E-state index in [1.807, 2.05) is 12.1 Å². The molecule has 1 aromatic carbocycles. The summed E-state index contributed by atoms with van der Waals surface area (Å²) in [6, 6.07) is 9.19. The summed E-state index contributed by atoms with van der Waals surface area (Å²) < 4.78 is 1.50. The van der Waals surface area contributed by atoms with E-state index in [2.05, 4.69) is 21.4 Å². The van der Waals surface area contributed by atoms with Gasteiger partial charge in [0.25, 0.3) is 0 Å². The summed E-state index contributed by atoms with van der Waals surface area (Å²) in [5.74, 6) is 0. The lowest BCUT2D eigenvalue weighted by Gasteiger charge is -1.92. The Morgan fingerprint density at radius 1 is 1.20 bits per heavy atom. The van der Waals surface area contributed by atoms with Crippen molar-refractivity contribution >= 4 is 6.21 Å². The van der Waals surface area contributed by atoms with Crippen molar-refractivity contribution in [2.24, 2.45) is 5.10 Å². The van der Waals surface area contributed by atoms with Gasteiger partial charge in [-0.2, -0.15) is 10.4 Å². The Bertz CT molecular complexity index is 490. The minimum atomic E-state index is 0.636. The Hall–Kier alpha value is -2.48. The van der Waals surface area contributed by atoms with Crippen LogP contribution in [0.3, 0.4) is 0 Å². The quantitative estimate of drug-likeness (QED) is 0.675. The summed E-state index contributed by atoms with van der Waals surface area (Å²) in [5.41, 5.74) is 1.55. The van der Waals surface area contributed by atoms with Gasteiger partial charge in [0, 0.05) is 0 Å². The van der Waals surface area contributed by atoms with E-state index in [1.54, 1.807) is 18.3 Å². The third kappa shape index (κ3) is 2.25. The number of nitrogens with zero attached hydrogens (tertiary/aromatic N) is 5. The zero-order valence-electron chi connectivity index (χ0n) is 7.78. The molecule has 0 bridgehead atoms. The van der Waals surface area contributed by atoms with Gasteiger partial charge in [0.15, 0.2) is 0 Å². The molecule has 72 valence electrons. The van der Waals surface area contributed by atoms with Gasteiger partial charge >= 0.3 is 0 Å². The van der Waals surface area contributed by atoms with Crippen LogP contribution in [0.15, 0.2) is 42.0 Å². The Labute approximate surface area is 86.3 Å². The highest BCUT2D eigenvalue weighted by Gasteiger charge is 1.90. The molecule has 5 heteroatoms. The third-order valence-electron chi connectivity index (χ3n) is 1.79. The lowest BCUT2D eigenvalue weighted by atomic mass is 10.2. The average Bonchev–Trinajstić information content (AvgIpc) is 2.80. The van der Waals surface area contributed by atoms with Gasteiger partial charge in [-0.05, 0) is 17.7 Å². The van der Waals surface area contributed by atoms with Crippen molar-refractivity contribution in [2.75, 3.05) is 0 Å². The van der Waals surface area contributed by atoms with E-state index < -0.39 is 0 Å². The molecule has 0 aliphatic rings. The standard InChI is InChI=1S/C10H7N5/c11-5-9-1-3-10(4-2-9)6-14-15-7-12-13-8-15/h1-4,6-8H. The number of benzene rings is 1. The van der Waals surface area contributed by atoms with E-state index in [0.29, 0.717) is 5.56 Å². The van der Waals surface area contributed by atoms with Crippen LogP contribution in [-0.2, 0) is 0 Å². The molecule has 0 atom stereocenters. The van der Waals surface area contributed by atoms with E-state index >= 15 is 0 Å². The Morgan fingerprint density at radius 2 is 1.87 bits per heavy atom. The number of hydrogen-bond donors (Lipinski definition) is 0. The Kier molecular flexibility index (Phi) is 2.52. The Balaban J connectivity index is 2.15. The fourth-order valence-electron chi connectivity index (χ4n) is 1.03. The maximum Gasteiger partial charge on any atom is 0.141 e. The molecular weight excluding hydrogens is 190 g/mol. The maximum atomic E-state index is 8.60. The van der Waals surface area contributed by atoms with Crippen molar-refractivity contribution in [1.82, 2.24) is 14.9 Å². The van der Waals surface area contributed by atoms with Gasteiger partial charge in [-0.25, -0.2) is 4.68 Å². The van der Waals surface area contributed by atoms with E-state index in [4.69, 9.17) is 5.26 Å². The van der Waals surface area contributed by atoms with Crippen LogP contribution in [0.25, 0.3) is 0 Å². The molecule has 0 saturated heterocycles. The van der Waals surface area contributed by atoms with Crippen LogP contribution in [0.2, 0.25) is 0 Å². The Morgan fingerprint density at radius 3 is 2.47 bits per heavy atom. The first-order valence-electron chi connectivity index (χ1n) is 4.27. The zero-order chi connectivity index (χ0) is 10.5. The van der Waals surface area contributed by atoms with Gasteiger partial charge in [0.2, 0.25) is 0 Å². The second-order valence-electron chi connectivity index (χ2n) is 2.82. The molecule has 5 nitrogen and oxygen atoms in total. The normalized spacial score (nSPS) is 10.3. The third-order valence-corrected chi connectivity index (χ3v) is 1.79. The molecule has 0 saturated carbocycles. The lowest BCUT2D eigenvalue weighted by Crippen LogP contribution is -1.87. The largest absolute Gasteiger partial charge is 0.208 e. The molecule has 0 spiro atoms. The molecule has 0 unspecified atom stereocenters. The molecule has 0 aliphatic carbocycles. The van der Waals surface area contributed by atoms with Gasteiger partial charge in [-0.3, -0.25) is 0 Å². The second kappa shape index (κ2) is 4.15. The molecule has 0 N–H and O–H groups in total. The number of aromatic nitrogens is 3. The highest BCUT2D eigenvalue weighted by molar-refractivity contribution is 5.79. The first-order chi connectivity index (χ1) is 7.38. The molecule has 15 heavy (non-hydrogen) atoms. The summed E-state index contributed by atoms with van der Waals surface area (Å²) in [4.78, 5) is 0. The van der Waals surface area contributed by atoms with Crippen LogP contribution < -0.4 is 0 Å². The smallest absolute Gasteiger partial charge is 0.141 e. The van der Waals surface area contributed by atoms with Crippen LogP contribution in [0.5, 0.6) is 0 Å². The lowest BCUT2D eigenvalue weighted by molar-refractivity contribution is 0.878. The van der Waals surface area contributed by atoms with E-state index in [-0.39, 0.29) is 0 Å². The zero-order valence-corrected chi connectivity index (χ0v) is 7.78. The van der Waals surface area contributed by atoms with E-state index in [9.17, 15) is 0 Å². The fourth-order valence-corrected chi connectivity index (χ4v) is 1.03. The summed E-state index contributed by atoms with van der Waals surface area (Å²) >= 11 is 0. The molecule has 0 radical (unpaired) electrons. The van der Waals surface area contributed by atoms with Crippen LogP contribution in [0.1, 0.15) is 11.1 Å². The van der Waals surface area contributed by atoms with Crippen molar-refractivity contribution in [2.45, 2.75) is 0 Å². The minimum absolute atomic E-state index is 0.636. The van der Waals surface area contributed by atoms with Crippen molar-refractivity contribution in [1.29, 1.82) is 5.26 Å². The first-order valence-corrected chi connectivity index (χ1v) is 4.27. The van der Waals surface area contributed by atoms with Crippen LogP contribution in [0, 0.1) is 11.3 Å².